The van der Waals surface area contributed by atoms with Gasteiger partial charge in [0.25, 0.3) is 0 Å². The van der Waals surface area contributed by atoms with Crippen LogP contribution in [0.2, 0.25) is 0 Å². The minimum absolute atomic E-state index is 0.0778. The Labute approximate surface area is 157 Å². The summed E-state index contributed by atoms with van der Waals surface area (Å²) in [6, 6.07) is 3.64. The van der Waals surface area contributed by atoms with Gasteiger partial charge in [0.15, 0.2) is 11.5 Å². The van der Waals surface area contributed by atoms with E-state index in [1.165, 1.54) is 12.8 Å². The van der Waals surface area contributed by atoms with Gasteiger partial charge in [0.2, 0.25) is 5.91 Å². The van der Waals surface area contributed by atoms with E-state index in [0.717, 1.165) is 12.0 Å². The van der Waals surface area contributed by atoms with Crippen LogP contribution in [0.1, 0.15) is 45.6 Å². The Hall–Kier alpha value is -1.75. The van der Waals surface area contributed by atoms with E-state index in [9.17, 15) is 4.79 Å². The molecule has 0 aliphatic heterocycles. The van der Waals surface area contributed by atoms with Gasteiger partial charge in [0.1, 0.15) is 6.61 Å². The molecule has 1 aromatic carbocycles. The van der Waals surface area contributed by atoms with Crippen LogP contribution in [0, 0.1) is 24.7 Å². The number of hydrogen-bond acceptors (Lipinski definition) is 4. The number of amides is 1. The molecular weight excluding hydrogens is 330 g/mol. The summed E-state index contributed by atoms with van der Waals surface area (Å²) >= 11 is 0. The number of hydrogen-bond donors (Lipinski definition) is 1. The lowest BCUT2D eigenvalue weighted by Crippen LogP contribution is -2.36. The molecule has 1 fully saturated rings. The van der Waals surface area contributed by atoms with Crippen molar-refractivity contribution in [1.82, 2.24) is 0 Å². The zero-order chi connectivity index (χ0) is 19.3. The smallest absolute Gasteiger partial charge is 0.250 e. The normalized spacial score (nSPS) is 23.0. The first kappa shape index (κ1) is 20.6. The molecule has 0 spiro atoms. The van der Waals surface area contributed by atoms with Gasteiger partial charge >= 0.3 is 0 Å². The molecule has 1 aromatic rings. The van der Waals surface area contributed by atoms with Gasteiger partial charge in [-0.1, -0.05) is 27.2 Å². The summed E-state index contributed by atoms with van der Waals surface area (Å²) in [5, 5.41) is 2.93. The van der Waals surface area contributed by atoms with E-state index in [-0.39, 0.29) is 18.6 Å². The SMILES string of the molecule is COc1cc(C)c(NC(=O)COC2CC(C)CCC2C(C)C)cc1OC. The zero-order valence-electron chi connectivity index (χ0n) is 16.9. The molecule has 0 heterocycles. The maximum atomic E-state index is 12.4. The predicted octanol–water partition coefficient (Wildman–Crippen LogP) is 4.43. The van der Waals surface area contributed by atoms with Gasteiger partial charge in [-0.25, -0.2) is 0 Å². The highest BCUT2D eigenvalue weighted by atomic mass is 16.5. The largest absolute Gasteiger partial charge is 0.493 e. The molecule has 0 bridgehead atoms. The lowest BCUT2D eigenvalue weighted by molar-refractivity contribution is -0.126. The minimum Gasteiger partial charge on any atom is -0.493 e. The Balaban J connectivity index is 1.98. The van der Waals surface area contributed by atoms with Crippen molar-refractivity contribution in [2.45, 2.75) is 53.1 Å². The molecule has 0 saturated heterocycles. The molecule has 5 nitrogen and oxygen atoms in total. The summed E-state index contributed by atoms with van der Waals surface area (Å²) in [5.41, 5.74) is 1.64. The average Bonchev–Trinajstić information content (AvgIpc) is 2.61. The molecule has 1 aliphatic rings. The van der Waals surface area contributed by atoms with E-state index in [2.05, 4.69) is 26.1 Å². The highest BCUT2D eigenvalue weighted by Gasteiger charge is 2.31. The van der Waals surface area contributed by atoms with Crippen molar-refractivity contribution in [3.8, 4) is 11.5 Å². The second-order valence-electron chi connectivity index (χ2n) is 7.75. The lowest BCUT2D eigenvalue weighted by Gasteiger charge is -2.37. The van der Waals surface area contributed by atoms with Gasteiger partial charge in [0, 0.05) is 11.8 Å². The van der Waals surface area contributed by atoms with Gasteiger partial charge in [-0.15, -0.1) is 0 Å². The quantitative estimate of drug-likeness (QED) is 0.779. The number of ether oxygens (including phenoxy) is 3. The third kappa shape index (κ3) is 5.13. The van der Waals surface area contributed by atoms with Crippen LogP contribution in [0.4, 0.5) is 5.69 Å². The molecule has 146 valence electrons. The van der Waals surface area contributed by atoms with Crippen LogP contribution in [0.5, 0.6) is 11.5 Å². The van der Waals surface area contributed by atoms with Crippen molar-refractivity contribution in [2.24, 2.45) is 17.8 Å². The van der Waals surface area contributed by atoms with E-state index in [1.807, 2.05) is 13.0 Å². The summed E-state index contributed by atoms with van der Waals surface area (Å²) in [5.74, 6) is 2.86. The third-order valence-corrected chi connectivity index (χ3v) is 5.39. The van der Waals surface area contributed by atoms with Crippen LogP contribution in [-0.4, -0.2) is 32.8 Å². The first-order valence-electron chi connectivity index (χ1n) is 9.49. The first-order valence-corrected chi connectivity index (χ1v) is 9.49. The molecule has 5 heteroatoms. The number of methoxy groups -OCH3 is 2. The average molecular weight is 363 g/mol. The van der Waals surface area contributed by atoms with E-state index in [0.29, 0.717) is 34.9 Å². The Kier molecular flexibility index (Phi) is 7.33. The molecule has 1 saturated carbocycles. The Morgan fingerprint density at radius 1 is 1.19 bits per heavy atom. The van der Waals surface area contributed by atoms with E-state index < -0.39 is 0 Å². The van der Waals surface area contributed by atoms with Crippen LogP contribution < -0.4 is 14.8 Å². The van der Waals surface area contributed by atoms with Crippen molar-refractivity contribution in [3.63, 3.8) is 0 Å². The second kappa shape index (κ2) is 9.26. The summed E-state index contributed by atoms with van der Waals surface area (Å²) in [6.45, 7) is 8.75. The Morgan fingerprint density at radius 2 is 1.85 bits per heavy atom. The van der Waals surface area contributed by atoms with E-state index >= 15 is 0 Å². The first-order chi connectivity index (χ1) is 12.3. The Bertz CT molecular complexity index is 614. The van der Waals surface area contributed by atoms with E-state index in [4.69, 9.17) is 14.2 Å². The monoisotopic (exact) mass is 363 g/mol. The fourth-order valence-corrected chi connectivity index (χ4v) is 3.79. The highest BCUT2D eigenvalue weighted by molar-refractivity contribution is 5.92. The number of nitrogens with one attached hydrogen (secondary N) is 1. The second-order valence-corrected chi connectivity index (χ2v) is 7.75. The molecule has 1 N–H and O–H groups in total. The fraction of sp³-hybridized carbons (Fsp3) is 0.667. The molecule has 1 aliphatic carbocycles. The maximum Gasteiger partial charge on any atom is 0.250 e. The van der Waals surface area contributed by atoms with Crippen LogP contribution >= 0.6 is 0 Å². The van der Waals surface area contributed by atoms with E-state index in [1.54, 1.807) is 20.3 Å². The number of benzene rings is 1. The van der Waals surface area contributed by atoms with Crippen molar-refractivity contribution in [3.05, 3.63) is 17.7 Å². The predicted molar refractivity (Wildman–Crippen MR) is 104 cm³/mol. The van der Waals surface area contributed by atoms with Gasteiger partial charge in [-0.2, -0.15) is 0 Å². The van der Waals surface area contributed by atoms with Crippen molar-refractivity contribution in [2.75, 3.05) is 26.1 Å². The molecule has 3 unspecified atom stereocenters. The summed E-state index contributed by atoms with van der Waals surface area (Å²) < 4.78 is 16.6. The topological polar surface area (TPSA) is 56.8 Å². The van der Waals surface area contributed by atoms with Crippen molar-refractivity contribution >= 4 is 11.6 Å². The van der Waals surface area contributed by atoms with Crippen molar-refractivity contribution in [1.29, 1.82) is 0 Å². The molecule has 1 amide bonds. The number of carbonyl (C=O) groups is 1. The minimum atomic E-state index is -0.138. The molecule has 26 heavy (non-hydrogen) atoms. The van der Waals surface area contributed by atoms with Gasteiger partial charge in [-0.3, -0.25) is 4.79 Å². The van der Waals surface area contributed by atoms with Gasteiger partial charge in [-0.05, 0) is 49.1 Å². The molecule has 2 rings (SSSR count). The lowest BCUT2D eigenvalue weighted by atomic mass is 9.75. The Morgan fingerprint density at radius 3 is 2.46 bits per heavy atom. The number of rotatable bonds is 7. The molecule has 3 atom stereocenters. The molecule has 0 radical (unpaired) electrons. The van der Waals surface area contributed by atoms with Crippen LogP contribution in [0.15, 0.2) is 12.1 Å². The number of anilines is 1. The van der Waals surface area contributed by atoms with Crippen LogP contribution in [-0.2, 0) is 9.53 Å². The molecular formula is C21H33NO4. The molecule has 0 aromatic heterocycles. The summed E-state index contributed by atoms with van der Waals surface area (Å²) in [4.78, 5) is 12.4. The van der Waals surface area contributed by atoms with Gasteiger partial charge < -0.3 is 19.5 Å². The summed E-state index contributed by atoms with van der Waals surface area (Å²) in [6.07, 6.45) is 3.63. The maximum absolute atomic E-state index is 12.4. The fourth-order valence-electron chi connectivity index (χ4n) is 3.79. The van der Waals surface area contributed by atoms with Crippen LogP contribution in [0.3, 0.4) is 0 Å². The number of carbonyl (C=O) groups excluding carboxylic acids is 1. The van der Waals surface area contributed by atoms with Crippen LogP contribution in [0.25, 0.3) is 0 Å². The van der Waals surface area contributed by atoms with Gasteiger partial charge in [0.05, 0.1) is 20.3 Å². The zero-order valence-corrected chi connectivity index (χ0v) is 16.9. The van der Waals surface area contributed by atoms with Crippen molar-refractivity contribution < 1.29 is 19.0 Å². The highest BCUT2D eigenvalue weighted by Crippen LogP contribution is 2.35. The summed E-state index contributed by atoms with van der Waals surface area (Å²) in [7, 11) is 3.18. The number of aryl methyl sites for hydroxylation is 1. The standard InChI is InChI=1S/C21H33NO4/c1-13(2)16-8-7-14(3)9-18(16)26-12-21(23)22-17-11-20(25-6)19(24-5)10-15(17)4/h10-11,13-14,16,18H,7-9,12H2,1-6H3,(H,22,23). The third-order valence-electron chi connectivity index (χ3n) is 5.39.